The lowest BCUT2D eigenvalue weighted by Gasteiger charge is -2.27. The largest absolute Gasteiger partial charge is 0.391 e. The van der Waals surface area contributed by atoms with Gasteiger partial charge in [-0.15, -0.1) is 0 Å². The summed E-state index contributed by atoms with van der Waals surface area (Å²) in [5.74, 6) is 0. The molecule has 4 aromatic rings. The molecule has 2 aliphatic carbocycles. The van der Waals surface area contributed by atoms with Crippen LogP contribution in [-0.2, 0) is 6.54 Å². The van der Waals surface area contributed by atoms with Crippen molar-refractivity contribution in [2.75, 3.05) is 5.32 Å². The molecule has 2 N–H and O–H groups in total. The Morgan fingerprint density at radius 2 is 1.97 bits per heavy atom. The fraction of sp³-hybridized carbons (Fsp3) is 0.407. The second kappa shape index (κ2) is 8.92. The number of aromatic nitrogens is 3. The van der Waals surface area contributed by atoms with Gasteiger partial charge in [-0.25, -0.2) is 9.97 Å². The smallest absolute Gasteiger partial charge is 0.184 e. The minimum Gasteiger partial charge on any atom is -0.391 e. The Morgan fingerprint density at radius 3 is 2.85 bits per heavy atom. The van der Waals surface area contributed by atoms with Crippen LogP contribution in [0.4, 0.5) is 5.13 Å². The standard InChI is InChI=1S/C27H30N4OS/c32-25-9-5-4-8-21(25)29-27-30-22-12-10-18(14-26(22)33-27)16-31-17-28-23-15-20(11-13-24(23)31)19-6-2-1-3-7-19/h6,10-15,17,21,25,32H,1-5,7-9,16H2,(H,29,30). The van der Waals surface area contributed by atoms with E-state index in [0.717, 1.165) is 42.0 Å². The molecule has 2 aliphatic rings. The van der Waals surface area contributed by atoms with Crippen molar-refractivity contribution in [1.82, 2.24) is 14.5 Å². The van der Waals surface area contributed by atoms with E-state index in [1.165, 1.54) is 59.0 Å². The van der Waals surface area contributed by atoms with E-state index < -0.39 is 0 Å². The van der Waals surface area contributed by atoms with Crippen LogP contribution in [0.3, 0.4) is 0 Å². The molecule has 0 saturated heterocycles. The predicted octanol–water partition coefficient (Wildman–Crippen LogP) is 6.37. The number of allylic oxidation sites excluding steroid dienone is 2. The van der Waals surface area contributed by atoms with E-state index in [4.69, 9.17) is 9.97 Å². The normalized spacial score (nSPS) is 21.4. The summed E-state index contributed by atoms with van der Waals surface area (Å²) in [6.45, 7) is 0.788. The van der Waals surface area contributed by atoms with Crippen molar-refractivity contribution < 1.29 is 5.11 Å². The number of imidazole rings is 1. The molecule has 1 saturated carbocycles. The van der Waals surface area contributed by atoms with Crippen LogP contribution in [0.5, 0.6) is 0 Å². The van der Waals surface area contributed by atoms with Crippen LogP contribution in [0.25, 0.3) is 26.8 Å². The van der Waals surface area contributed by atoms with Crippen molar-refractivity contribution >= 4 is 43.3 Å². The fourth-order valence-corrected chi connectivity index (χ4v) is 6.25. The van der Waals surface area contributed by atoms with Crippen molar-refractivity contribution in [3.8, 4) is 0 Å². The molecule has 1 fully saturated rings. The number of thiazole rings is 1. The minimum absolute atomic E-state index is 0.116. The topological polar surface area (TPSA) is 63.0 Å². The summed E-state index contributed by atoms with van der Waals surface area (Å²) in [6.07, 6.45) is 13.2. The summed E-state index contributed by atoms with van der Waals surface area (Å²) in [5.41, 5.74) is 7.29. The maximum Gasteiger partial charge on any atom is 0.184 e. The summed E-state index contributed by atoms with van der Waals surface area (Å²) in [6, 6.07) is 13.3. The highest BCUT2D eigenvalue weighted by Crippen LogP contribution is 2.31. The number of hydrogen-bond donors (Lipinski definition) is 2. The number of nitrogens with zero attached hydrogens (tertiary/aromatic N) is 3. The summed E-state index contributed by atoms with van der Waals surface area (Å²) in [4.78, 5) is 9.46. The third-order valence-corrected chi connectivity index (χ3v) is 8.08. The SMILES string of the molecule is OC1CCCCC1Nc1nc2ccc(Cn3cnc4cc(C5=CCCCC5)ccc43)cc2s1. The quantitative estimate of drug-likeness (QED) is 0.365. The van der Waals surface area contributed by atoms with E-state index in [9.17, 15) is 5.11 Å². The van der Waals surface area contributed by atoms with Crippen molar-refractivity contribution in [3.05, 3.63) is 59.9 Å². The molecular formula is C27H30N4OS. The molecule has 0 spiro atoms. The number of anilines is 1. The van der Waals surface area contributed by atoms with Crippen LogP contribution in [0.2, 0.25) is 0 Å². The lowest BCUT2D eigenvalue weighted by Crippen LogP contribution is -2.36. The first-order valence-corrected chi connectivity index (χ1v) is 13.0. The second-order valence-corrected chi connectivity index (χ2v) is 10.5. The van der Waals surface area contributed by atoms with Crippen LogP contribution in [0.15, 0.2) is 48.8 Å². The van der Waals surface area contributed by atoms with Gasteiger partial charge < -0.3 is 15.0 Å². The number of nitrogens with one attached hydrogen (secondary N) is 1. The van der Waals surface area contributed by atoms with Crippen LogP contribution in [0, 0.1) is 0 Å². The van der Waals surface area contributed by atoms with E-state index in [-0.39, 0.29) is 12.1 Å². The molecule has 2 heterocycles. The number of fused-ring (bicyclic) bond motifs is 2. The molecular weight excluding hydrogens is 428 g/mol. The van der Waals surface area contributed by atoms with Crippen LogP contribution in [0.1, 0.15) is 62.5 Å². The van der Waals surface area contributed by atoms with E-state index in [0.29, 0.717) is 0 Å². The number of benzene rings is 2. The van der Waals surface area contributed by atoms with Gasteiger partial charge in [0.2, 0.25) is 0 Å². The second-order valence-electron chi connectivity index (χ2n) is 9.47. The van der Waals surface area contributed by atoms with E-state index in [1.54, 1.807) is 11.3 Å². The van der Waals surface area contributed by atoms with E-state index in [2.05, 4.69) is 52.4 Å². The Balaban J connectivity index is 1.22. The molecule has 2 unspecified atom stereocenters. The molecule has 6 rings (SSSR count). The summed E-state index contributed by atoms with van der Waals surface area (Å²) in [7, 11) is 0. The molecule has 2 aromatic heterocycles. The predicted molar refractivity (Wildman–Crippen MR) is 137 cm³/mol. The van der Waals surface area contributed by atoms with Gasteiger partial charge >= 0.3 is 0 Å². The fourth-order valence-electron chi connectivity index (χ4n) is 5.25. The average Bonchev–Trinajstić information content (AvgIpc) is 3.44. The summed E-state index contributed by atoms with van der Waals surface area (Å²) >= 11 is 1.68. The lowest BCUT2D eigenvalue weighted by molar-refractivity contribution is 0.116. The molecule has 0 aliphatic heterocycles. The third kappa shape index (κ3) is 4.30. The molecule has 0 amide bonds. The Labute approximate surface area is 198 Å². The van der Waals surface area contributed by atoms with Crippen molar-refractivity contribution in [2.45, 2.75) is 70.1 Å². The molecule has 0 bridgehead atoms. The van der Waals surface area contributed by atoms with Gasteiger partial charge in [-0.2, -0.15) is 0 Å². The minimum atomic E-state index is -0.272. The van der Waals surface area contributed by atoms with Gasteiger partial charge in [-0.3, -0.25) is 0 Å². The van der Waals surface area contributed by atoms with Gasteiger partial charge in [0.1, 0.15) is 0 Å². The first-order valence-electron chi connectivity index (χ1n) is 12.2. The van der Waals surface area contributed by atoms with E-state index >= 15 is 0 Å². The molecule has 6 heteroatoms. The Kier molecular flexibility index (Phi) is 5.64. The maximum absolute atomic E-state index is 10.3. The van der Waals surface area contributed by atoms with Gasteiger partial charge in [0.15, 0.2) is 5.13 Å². The van der Waals surface area contributed by atoms with Gasteiger partial charge in [0, 0.05) is 6.54 Å². The summed E-state index contributed by atoms with van der Waals surface area (Å²) < 4.78 is 3.41. The zero-order valence-corrected chi connectivity index (χ0v) is 19.7. The molecule has 170 valence electrons. The number of hydrogen-bond acceptors (Lipinski definition) is 5. The van der Waals surface area contributed by atoms with Crippen LogP contribution < -0.4 is 5.32 Å². The lowest BCUT2D eigenvalue weighted by atomic mass is 9.93. The van der Waals surface area contributed by atoms with Crippen molar-refractivity contribution in [3.63, 3.8) is 0 Å². The van der Waals surface area contributed by atoms with Crippen molar-refractivity contribution in [2.24, 2.45) is 0 Å². The van der Waals surface area contributed by atoms with E-state index in [1.807, 2.05) is 6.33 Å². The van der Waals surface area contributed by atoms with Gasteiger partial charge in [0.25, 0.3) is 0 Å². The van der Waals surface area contributed by atoms with Crippen molar-refractivity contribution in [1.29, 1.82) is 0 Å². The monoisotopic (exact) mass is 458 g/mol. The van der Waals surface area contributed by atoms with Gasteiger partial charge in [0.05, 0.1) is 39.7 Å². The molecule has 5 nitrogen and oxygen atoms in total. The Hall–Kier alpha value is -2.70. The van der Waals surface area contributed by atoms with Crippen LogP contribution in [-0.4, -0.2) is 31.8 Å². The van der Waals surface area contributed by atoms with Crippen LogP contribution >= 0.6 is 11.3 Å². The number of aliphatic hydroxyl groups is 1. The molecule has 2 aromatic carbocycles. The van der Waals surface area contributed by atoms with Gasteiger partial charge in [-0.05, 0) is 79.5 Å². The zero-order chi connectivity index (χ0) is 22.2. The third-order valence-electron chi connectivity index (χ3n) is 7.13. The number of rotatable bonds is 5. The maximum atomic E-state index is 10.3. The number of aliphatic hydroxyl groups excluding tert-OH is 1. The average molecular weight is 459 g/mol. The highest BCUT2D eigenvalue weighted by Gasteiger charge is 2.23. The first kappa shape index (κ1) is 20.9. The highest BCUT2D eigenvalue weighted by molar-refractivity contribution is 7.22. The molecule has 2 atom stereocenters. The Morgan fingerprint density at radius 1 is 1.03 bits per heavy atom. The zero-order valence-electron chi connectivity index (χ0n) is 18.8. The highest BCUT2D eigenvalue weighted by atomic mass is 32.1. The Bertz CT molecular complexity index is 1320. The molecule has 33 heavy (non-hydrogen) atoms. The van der Waals surface area contributed by atoms with Gasteiger partial charge in [-0.1, -0.05) is 42.4 Å². The first-order chi connectivity index (χ1) is 16.2. The molecule has 0 radical (unpaired) electrons. The summed E-state index contributed by atoms with van der Waals surface area (Å²) in [5, 5.41) is 14.7.